The number of phenols is 1. The third kappa shape index (κ3) is 3.13. The molecule has 3 N–H and O–H groups in total. The van der Waals surface area contributed by atoms with Gasteiger partial charge in [-0.2, -0.15) is 0 Å². The molecule has 2 rings (SSSR count). The molecule has 7 heteroatoms. The van der Waals surface area contributed by atoms with Crippen molar-refractivity contribution in [1.29, 1.82) is 0 Å². The standard InChI is InChI=1S/C11H13NO5S/c13-10-5-8(3-4-9(10)11(14)15)12-18(16,17)6-7-1-2-7/h3-5,7,12-13H,1-2,6H2,(H,14,15). The van der Waals surface area contributed by atoms with Crippen molar-refractivity contribution < 1.29 is 23.4 Å². The van der Waals surface area contributed by atoms with E-state index in [0.717, 1.165) is 25.0 Å². The summed E-state index contributed by atoms with van der Waals surface area (Å²) in [6.07, 6.45) is 1.84. The van der Waals surface area contributed by atoms with E-state index in [2.05, 4.69) is 4.72 Å². The van der Waals surface area contributed by atoms with Gasteiger partial charge < -0.3 is 10.2 Å². The number of carboxylic acids is 1. The Labute approximate surface area is 104 Å². The van der Waals surface area contributed by atoms with Crippen LogP contribution in [0.5, 0.6) is 5.75 Å². The molecule has 0 saturated heterocycles. The molecule has 1 aliphatic rings. The summed E-state index contributed by atoms with van der Waals surface area (Å²) >= 11 is 0. The van der Waals surface area contributed by atoms with Gasteiger partial charge in [0.15, 0.2) is 0 Å². The molecule has 0 heterocycles. The van der Waals surface area contributed by atoms with E-state index in [1.807, 2.05) is 0 Å². The van der Waals surface area contributed by atoms with Gasteiger partial charge in [-0.05, 0) is 30.9 Å². The van der Waals surface area contributed by atoms with Crippen molar-refractivity contribution in [1.82, 2.24) is 0 Å². The number of hydrogen-bond donors (Lipinski definition) is 3. The van der Waals surface area contributed by atoms with E-state index in [9.17, 15) is 18.3 Å². The molecule has 98 valence electrons. The van der Waals surface area contributed by atoms with Gasteiger partial charge in [0.25, 0.3) is 0 Å². The van der Waals surface area contributed by atoms with Crippen molar-refractivity contribution in [3.05, 3.63) is 23.8 Å². The molecule has 1 aromatic rings. The molecule has 0 spiro atoms. The molecule has 0 aliphatic heterocycles. The van der Waals surface area contributed by atoms with Crippen LogP contribution in [0.4, 0.5) is 5.69 Å². The highest BCUT2D eigenvalue weighted by atomic mass is 32.2. The maximum Gasteiger partial charge on any atom is 0.339 e. The number of anilines is 1. The second-order valence-corrected chi connectivity index (χ2v) is 6.13. The number of aromatic hydroxyl groups is 1. The molecule has 1 aliphatic carbocycles. The van der Waals surface area contributed by atoms with Crippen LogP contribution in [0.1, 0.15) is 23.2 Å². The average Bonchev–Trinajstić information content (AvgIpc) is 2.99. The number of carboxylic acid groups (broad SMARTS) is 1. The van der Waals surface area contributed by atoms with Gasteiger partial charge in [0.05, 0.1) is 11.4 Å². The summed E-state index contributed by atoms with van der Waals surface area (Å²) in [7, 11) is -3.43. The second-order valence-electron chi connectivity index (χ2n) is 4.36. The first-order valence-corrected chi connectivity index (χ1v) is 7.09. The van der Waals surface area contributed by atoms with Gasteiger partial charge in [-0.25, -0.2) is 13.2 Å². The van der Waals surface area contributed by atoms with Crippen LogP contribution < -0.4 is 4.72 Å². The zero-order chi connectivity index (χ0) is 13.3. The van der Waals surface area contributed by atoms with E-state index in [-0.39, 0.29) is 22.9 Å². The minimum atomic E-state index is -3.43. The Hall–Kier alpha value is -1.76. The summed E-state index contributed by atoms with van der Waals surface area (Å²) < 4.78 is 25.7. The minimum Gasteiger partial charge on any atom is -0.507 e. The third-order valence-electron chi connectivity index (χ3n) is 2.65. The van der Waals surface area contributed by atoms with Crippen molar-refractivity contribution in [2.45, 2.75) is 12.8 Å². The molecular formula is C11H13NO5S. The third-order valence-corrected chi connectivity index (χ3v) is 4.11. The van der Waals surface area contributed by atoms with E-state index in [0.29, 0.717) is 0 Å². The lowest BCUT2D eigenvalue weighted by Crippen LogP contribution is -2.17. The van der Waals surface area contributed by atoms with Crippen LogP contribution in [-0.4, -0.2) is 30.4 Å². The molecule has 1 aromatic carbocycles. The molecule has 6 nitrogen and oxygen atoms in total. The van der Waals surface area contributed by atoms with Gasteiger partial charge >= 0.3 is 5.97 Å². The van der Waals surface area contributed by atoms with E-state index < -0.39 is 21.7 Å². The average molecular weight is 271 g/mol. The lowest BCUT2D eigenvalue weighted by molar-refractivity contribution is 0.0694. The predicted molar refractivity (Wildman–Crippen MR) is 65.2 cm³/mol. The molecule has 0 atom stereocenters. The predicted octanol–water partition coefficient (Wildman–Crippen LogP) is 1.24. The number of carbonyl (C=O) groups is 1. The van der Waals surface area contributed by atoms with Gasteiger partial charge in [0.1, 0.15) is 11.3 Å². The number of nitrogens with one attached hydrogen (secondary N) is 1. The van der Waals surface area contributed by atoms with E-state index >= 15 is 0 Å². The van der Waals surface area contributed by atoms with Crippen LogP contribution in [-0.2, 0) is 10.0 Å². The van der Waals surface area contributed by atoms with Crippen molar-refractivity contribution >= 4 is 21.7 Å². The van der Waals surface area contributed by atoms with Gasteiger partial charge in [-0.1, -0.05) is 0 Å². The molecule has 18 heavy (non-hydrogen) atoms. The Bertz CT molecular complexity index is 577. The number of rotatable bonds is 5. The first-order valence-electron chi connectivity index (χ1n) is 5.44. The van der Waals surface area contributed by atoms with E-state index in [1.54, 1.807) is 0 Å². The SMILES string of the molecule is O=C(O)c1ccc(NS(=O)(=O)CC2CC2)cc1O. The molecule has 0 bridgehead atoms. The van der Waals surface area contributed by atoms with Crippen LogP contribution in [0.3, 0.4) is 0 Å². The fraction of sp³-hybridized carbons (Fsp3) is 0.364. The fourth-order valence-corrected chi connectivity index (χ4v) is 3.12. The highest BCUT2D eigenvalue weighted by molar-refractivity contribution is 7.92. The van der Waals surface area contributed by atoms with Gasteiger partial charge in [0, 0.05) is 6.07 Å². The molecule has 1 fully saturated rings. The first kappa shape index (κ1) is 12.7. The lowest BCUT2D eigenvalue weighted by atomic mass is 10.2. The molecular weight excluding hydrogens is 258 g/mol. The van der Waals surface area contributed by atoms with Gasteiger partial charge in [-0.15, -0.1) is 0 Å². The molecule has 0 amide bonds. The number of aromatic carboxylic acids is 1. The Balaban J connectivity index is 2.14. The summed E-state index contributed by atoms with van der Waals surface area (Å²) in [6.45, 7) is 0. The zero-order valence-electron chi connectivity index (χ0n) is 9.46. The quantitative estimate of drug-likeness (QED) is 0.747. The van der Waals surface area contributed by atoms with Crippen LogP contribution in [0, 0.1) is 5.92 Å². The highest BCUT2D eigenvalue weighted by Crippen LogP contribution is 2.31. The summed E-state index contributed by atoms with van der Waals surface area (Å²) in [5.41, 5.74) is -0.0988. The smallest absolute Gasteiger partial charge is 0.339 e. The Kier molecular flexibility index (Phi) is 3.16. The summed E-state index contributed by atoms with van der Waals surface area (Å²) in [5.74, 6) is -1.45. The highest BCUT2D eigenvalue weighted by Gasteiger charge is 2.28. The summed E-state index contributed by atoms with van der Waals surface area (Å²) in [5, 5.41) is 18.2. The number of benzene rings is 1. The monoisotopic (exact) mass is 271 g/mol. The van der Waals surface area contributed by atoms with Crippen molar-refractivity contribution in [3.8, 4) is 5.75 Å². The van der Waals surface area contributed by atoms with Crippen molar-refractivity contribution in [3.63, 3.8) is 0 Å². The number of hydrogen-bond acceptors (Lipinski definition) is 4. The first-order chi connectivity index (χ1) is 8.37. The second kappa shape index (κ2) is 4.49. The molecule has 0 unspecified atom stereocenters. The van der Waals surface area contributed by atoms with Crippen molar-refractivity contribution in [2.24, 2.45) is 5.92 Å². The van der Waals surface area contributed by atoms with Gasteiger partial charge in [0.2, 0.25) is 10.0 Å². The van der Waals surface area contributed by atoms with Crippen LogP contribution >= 0.6 is 0 Å². The van der Waals surface area contributed by atoms with E-state index in [4.69, 9.17) is 5.11 Å². The summed E-state index contributed by atoms with van der Waals surface area (Å²) in [6, 6.07) is 3.56. The normalized spacial score (nSPS) is 15.3. The summed E-state index contributed by atoms with van der Waals surface area (Å²) in [4.78, 5) is 10.7. The maximum atomic E-state index is 11.7. The topological polar surface area (TPSA) is 104 Å². The minimum absolute atomic E-state index is 0.0639. The lowest BCUT2D eigenvalue weighted by Gasteiger charge is -2.08. The fourth-order valence-electron chi connectivity index (χ4n) is 1.59. The number of sulfonamides is 1. The van der Waals surface area contributed by atoms with Gasteiger partial charge in [-0.3, -0.25) is 4.72 Å². The largest absolute Gasteiger partial charge is 0.507 e. The van der Waals surface area contributed by atoms with Crippen LogP contribution in [0.15, 0.2) is 18.2 Å². The zero-order valence-corrected chi connectivity index (χ0v) is 10.3. The van der Waals surface area contributed by atoms with Crippen LogP contribution in [0.25, 0.3) is 0 Å². The Morgan fingerprint density at radius 1 is 1.39 bits per heavy atom. The molecule has 0 aromatic heterocycles. The Morgan fingerprint density at radius 3 is 2.56 bits per heavy atom. The van der Waals surface area contributed by atoms with Crippen LogP contribution in [0.2, 0.25) is 0 Å². The maximum absolute atomic E-state index is 11.7. The molecule has 1 saturated carbocycles. The van der Waals surface area contributed by atoms with Crippen molar-refractivity contribution in [2.75, 3.05) is 10.5 Å². The Morgan fingerprint density at radius 2 is 2.06 bits per heavy atom. The molecule has 0 radical (unpaired) electrons. The van der Waals surface area contributed by atoms with E-state index in [1.165, 1.54) is 6.07 Å².